The smallest absolute Gasteiger partial charge is 0.326 e. The highest BCUT2D eigenvalue weighted by atomic mass is 16.5. The van der Waals surface area contributed by atoms with E-state index in [0.29, 0.717) is 24.2 Å². The van der Waals surface area contributed by atoms with Crippen molar-refractivity contribution >= 4 is 23.6 Å². The Morgan fingerprint density at radius 1 is 1.06 bits per heavy atom. The van der Waals surface area contributed by atoms with Gasteiger partial charge in [-0.15, -0.1) is 0 Å². The van der Waals surface area contributed by atoms with Crippen LogP contribution in [0.3, 0.4) is 0 Å². The Kier molecular flexibility index (Phi) is 6.54. The van der Waals surface area contributed by atoms with E-state index in [1.165, 1.54) is 10.5 Å². The molecule has 0 aromatic carbocycles. The maximum Gasteiger partial charge on any atom is 0.326 e. The fourth-order valence-corrected chi connectivity index (χ4v) is 8.60. The summed E-state index contributed by atoms with van der Waals surface area (Å²) in [6.45, 7) is 4.62. The number of likely N-dealkylation sites (tertiary alicyclic amines) is 1. The summed E-state index contributed by atoms with van der Waals surface area (Å²) in [5.74, 6) is -0.0520. The van der Waals surface area contributed by atoms with Gasteiger partial charge in [0.15, 0.2) is 5.78 Å². The Labute approximate surface area is 212 Å². The fraction of sp³-hybridized carbons (Fsp3) is 0.786. The van der Waals surface area contributed by atoms with Gasteiger partial charge in [-0.1, -0.05) is 19.4 Å². The summed E-state index contributed by atoms with van der Waals surface area (Å²) < 4.78 is 5.99. The molecule has 4 fully saturated rings. The zero-order chi connectivity index (χ0) is 25.8. The van der Waals surface area contributed by atoms with Crippen LogP contribution in [0.25, 0.3) is 0 Å². The van der Waals surface area contributed by atoms with Gasteiger partial charge in [0.25, 0.3) is 0 Å². The molecule has 8 heteroatoms. The minimum atomic E-state index is -1.14. The molecule has 1 heterocycles. The molecular weight excluding hydrogens is 462 g/mol. The van der Waals surface area contributed by atoms with E-state index >= 15 is 0 Å². The molecule has 36 heavy (non-hydrogen) atoms. The van der Waals surface area contributed by atoms with Gasteiger partial charge in [-0.25, -0.2) is 4.79 Å². The molecule has 0 aromatic heterocycles. The molecule has 8 nitrogen and oxygen atoms in total. The van der Waals surface area contributed by atoms with Crippen LogP contribution < -0.4 is 0 Å². The molecule has 198 valence electrons. The van der Waals surface area contributed by atoms with Crippen LogP contribution in [0.1, 0.15) is 84.5 Å². The lowest BCUT2D eigenvalue weighted by Crippen LogP contribution is -2.51. The second-order valence-electron chi connectivity index (χ2n) is 12.4. The first-order valence-corrected chi connectivity index (χ1v) is 13.7. The second kappa shape index (κ2) is 9.26. The number of hydrogen-bond donors (Lipinski definition) is 2. The van der Waals surface area contributed by atoms with Gasteiger partial charge in [0, 0.05) is 31.2 Å². The van der Waals surface area contributed by atoms with Crippen LogP contribution in [-0.2, 0) is 23.9 Å². The third kappa shape index (κ3) is 4.19. The largest absolute Gasteiger partial charge is 0.480 e. The summed E-state index contributed by atoms with van der Waals surface area (Å²) in [5.41, 5.74) is 1.39. The summed E-state index contributed by atoms with van der Waals surface area (Å²) in [6.07, 6.45) is 8.37. The number of amides is 1. The van der Waals surface area contributed by atoms with Crippen molar-refractivity contribution in [2.45, 2.75) is 103 Å². The molecule has 0 unspecified atom stereocenters. The lowest BCUT2D eigenvalue weighted by Gasteiger charge is -2.57. The molecule has 5 rings (SSSR count). The minimum absolute atomic E-state index is 0.0141. The molecule has 5 aliphatic rings. The number of carboxylic acids is 1. The molecule has 0 spiro atoms. The number of nitrogens with zero attached hydrogens (tertiary/aromatic N) is 1. The van der Waals surface area contributed by atoms with Crippen molar-refractivity contribution in [1.29, 1.82) is 0 Å². The number of carboxylic acid groups (broad SMARTS) is 1. The van der Waals surface area contributed by atoms with Crippen LogP contribution in [0.2, 0.25) is 0 Å². The number of carbonyl (C=O) groups is 4. The number of ketones is 1. The van der Waals surface area contributed by atoms with Crippen LogP contribution in [0.15, 0.2) is 11.6 Å². The molecule has 2 N–H and O–H groups in total. The summed E-state index contributed by atoms with van der Waals surface area (Å²) in [6, 6.07) is -1.04. The number of carbonyl (C=O) groups excluding carboxylic acids is 3. The Morgan fingerprint density at radius 3 is 2.58 bits per heavy atom. The van der Waals surface area contributed by atoms with Crippen molar-refractivity contribution in [3.05, 3.63) is 11.6 Å². The summed E-state index contributed by atoms with van der Waals surface area (Å²) in [4.78, 5) is 50.0. The van der Waals surface area contributed by atoms with Gasteiger partial charge in [0.05, 0.1) is 12.5 Å². The first kappa shape index (κ1) is 25.4. The van der Waals surface area contributed by atoms with E-state index in [1.807, 2.05) is 6.08 Å². The number of aliphatic hydroxyl groups is 1. The molecule has 1 saturated heterocycles. The van der Waals surface area contributed by atoms with Crippen molar-refractivity contribution in [2.75, 3.05) is 6.54 Å². The highest BCUT2D eigenvalue weighted by Crippen LogP contribution is 2.65. The number of ether oxygens (including phenoxy) is 1. The van der Waals surface area contributed by atoms with Crippen molar-refractivity contribution in [1.82, 2.24) is 4.90 Å². The average molecular weight is 502 g/mol. The van der Waals surface area contributed by atoms with Crippen molar-refractivity contribution < 1.29 is 34.1 Å². The summed E-state index contributed by atoms with van der Waals surface area (Å²) in [5, 5.41) is 19.1. The van der Waals surface area contributed by atoms with Gasteiger partial charge < -0.3 is 19.8 Å². The molecule has 1 aliphatic heterocycles. The molecule has 0 radical (unpaired) electrons. The highest BCUT2D eigenvalue weighted by Gasteiger charge is 2.60. The zero-order valence-electron chi connectivity index (χ0n) is 21.4. The molecule has 4 aliphatic carbocycles. The lowest BCUT2D eigenvalue weighted by molar-refractivity contribution is -0.161. The van der Waals surface area contributed by atoms with Crippen molar-refractivity contribution in [2.24, 2.45) is 28.6 Å². The summed E-state index contributed by atoms with van der Waals surface area (Å²) >= 11 is 0. The van der Waals surface area contributed by atoms with E-state index in [0.717, 1.165) is 44.9 Å². The molecule has 3 saturated carbocycles. The van der Waals surface area contributed by atoms with E-state index in [2.05, 4.69) is 13.8 Å². The lowest BCUT2D eigenvalue weighted by atomic mass is 9.47. The SMILES string of the molecule is C[C@]12CC[C@@H]3[C@H](CCC4=CC(=O)CC[C@@]43C)[C@@H]1CC[C@@H]2OC(=O)CCC(=O)N1C[C@@H](O)C[C@H]1C(=O)O. The average Bonchev–Trinajstić information content (AvgIpc) is 3.38. The molecule has 0 aromatic rings. The Morgan fingerprint density at radius 2 is 1.83 bits per heavy atom. The van der Waals surface area contributed by atoms with Gasteiger partial charge in [0.1, 0.15) is 12.1 Å². The van der Waals surface area contributed by atoms with Crippen LogP contribution >= 0.6 is 0 Å². The van der Waals surface area contributed by atoms with E-state index in [1.54, 1.807) is 0 Å². The Hall–Kier alpha value is -2.22. The van der Waals surface area contributed by atoms with Gasteiger partial charge in [-0.2, -0.15) is 0 Å². The van der Waals surface area contributed by atoms with Gasteiger partial charge in [-0.3, -0.25) is 14.4 Å². The monoisotopic (exact) mass is 501 g/mol. The third-order valence-corrected chi connectivity index (χ3v) is 10.6. The number of allylic oxidation sites excluding steroid dienone is 1. The Balaban J connectivity index is 1.19. The number of aliphatic carboxylic acids is 1. The first-order chi connectivity index (χ1) is 17.0. The van der Waals surface area contributed by atoms with Crippen molar-refractivity contribution in [3.63, 3.8) is 0 Å². The van der Waals surface area contributed by atoms with Crippen molar-refractivity contribution in [3.8, 4) is 0 Å². The van der Waals surface area contributed by atoms with E-state index in [-0.39, 0.29) is 48.5 Å². The Bertz CT molecular complexity index is 990. The number of fused-ring (bicyclic) bond motifs is 5. The molecular formula is C28H39NO7. The standard InChI is InChI=1S/C28H39NO7/c1-27-11-9-17(30)13-16(27)3-4-19-20-5-6-23(28(20,2)12-10-21(19)27)36-25(33)8-7-24(32)29-15-18(31)14-22(29)26(34)35/h13,18-23,31H,3-12,14-15H2,1-2H3,(H,34,35)/t18-,19+,20-,21+,22-,23-,27-,28-/m0/s1. The van der Waals surface area contributed by atoms with Gasteiger partial charge in [-0.05, 0) is 74.2 Å². The zero-order valence-corrected chi connectivity index (χ0v) is 21.4. The molecule has 0 bridgehead atoms. The third-order valence-electron chi connectivity index (χ3n) is 10.6. The quantitative estimate of drug-likeness (QED) is 0.555. The van der Waals surface area contributed by atoms with Gasteiger partial charge in [0.2, 0.25) is 5.91 Å². The summed E-state index contributed by atoms with van der Waals surface area (Å²) in [7, 11) is 0. The predicted molar refractivity (Wildman–Crippen MR) is 130 cm³/mol. The first-order valence-electron chi connectivity index (χ1n) is 13.7. The number of aliphatic hydroxyl groups excluding tert-OH is 1. The maximum atomic E-state index is 12.8. The number of β-amino-alcohol motifs (C(OH)–C–C–N with tert-alkyl or cyclic N) is 1. The molecule has 8 atom stereocenters. The van der Waals surface area contributed by atoms with Gasteiger partial charge >= 0.3 is 11.9 Å². The highest BCUT2D eigenvalue weighted by molar-refractivity contribution is 5.91. The second-order valence-corrected chi connectivity index (χ2v) is 12.4. The fourth-order valence-electron chi connectivity index (χ4n) is 8.60. The van der Waals surface area contributed by atoms with E-state index in [9.17, 15) is 29.4 Å². The van der Waals surface area contributed by atoms with Crippen LogP contribution in [0, 0.1) is 28.6 Å². The molecule has 1 amide bonds. The number of esters is 1. The topological polar surface area (TPSA) is 121 Å². The minimum Gasteiger partial charge on any atom is -0.480 e. The van der Waals surface area contributed by atoms with E-state index < -0.39 is 30.0 Å². The number of hydrogen-bond acceptors (Lipinski definition) is 6. The van der Waals surface area contributed by atoms with Crippen LogP contribution in [-0.4, -0.2) is 63.5 Å². The van der Waals surface area contributed by atoms with Crippen LogP contribution in [0.4, 0.5) is 0 Å². The predicted octanol–water partition coefficient (Wildman–Crippen LogP) is 3.26. The van der Waals surface area contributed by atoms with Crippen LogP contribution in [0.5, 0.6) is 0 Å². The number of rotatable bonds is 5. The normalized spacial score (nSPS) is 41.7. The van der Waals surface area contributed by atoms with E-state index in [4.69, 9.17) is 4.74 Å². The maximum absolute atomic E-state index is 12.8.